The average molecular weight is 861 g/mol. The highest BCUT2D eigenvalue weighted by molar-refractivity contribution is 5.69. The number of hydrogen-bond acceptors (Lipinski definition) is 14. The van der Waals surface area contributed by atoms with Crippen molar-refractivity contribution < 1.29 is 69.0 Å². The van der Waals surface area contributed by atoms with Gasteiger partial charge in [-0.3, -0.25) is 4.79 Å². The van der Waals surface area contributed by atoms with Crippen LogP contribution in [0.3, 0.4) is 0 Å². The highest BCUT2D eigenvalue weighted by Crippen LogP contribution is 2.26. The number of esters is 1. The van der Waals surface area contributed by atoms with E-state index in [2.05, 4.69) is 38.2 Å². The summed E-state index contributed by atoms with van der Waals surface area (Å²) in [4.78, 5) is 12.8. The molecule has 2 saturated heterocycles. The van der Waals surface area contributed by atoms with E-state index in [4.69, 9.17) is 28.4 Å². The van der Waals surface area contributed by atoms with Gasteiger partial charge in [-0.25, -0.2) is 0 Å². The van der Waals surface area contributed by atoms with E-state index >= 15 is 0 Å². The quantitative estimate of drug-likeness (QED) is 0.0230. The zero-order chi connectivity index (χ0) is 43.8. The maximum Gasteiger partial charge on any atom is 0.306 e. The van der Waals surface area contributed by atoms with E-state index in [1.165, 1.54) is 83.5 Å². The van der Waals surface area contributed by atoms with E-state index in [9.17, 15) is 40.5 Å². The van der Waals surface area contributed by atoms with Crippen LogP contribution in [0, 0.1) is 0 Å². The van der Waals surface area contributed by atoms with Crippen LogP contribution in [0.5, 0.6) is 0 Å². The number of unbranched alkanes of at least 4 members (excludes halogenated alkanes) is 18. The standard InChI is InChI=1S/C46H84O14/c1-3-5-7-9-11-12-13-14-15-16-17-18-19-20-21-22-24-26-28-30-55-32-35(58-38(48)29-27-25-23-10-8-6-4-2)33-56-45-44(54)42(52)40(50)37(60-45)34-57-46-43(53)41(51)39(49)36(31-47)59-46/h12-13,15-16,35-37,39-47,49-54H,3-11,14,17-34H2,1-2H3/b13-12-,16-15-. The minimum absolute atomic E-state index is 0.0597. The number of hydrogen-bond donors (Lipinski definition) is 7. The van der Waals surface area contributed by atoms with Crippen LogP contribution in [-0.4, -0.2) is 142 Å². The first-order valence-electron chi connectivity index (χ1n) is 23.4. The van der Waals surface area contributed by atoms with Crippen LogP contribution in [0.4, 0.5) is 0 Å². The number of carbonyl (C=O) groups is 1. The molecule has 0 spiro atoms. The summed E-state index contributed by atoms with van der Waals surface area (Å²) in [5.41, 5.74) is 0. The average Bonchev–Trinajstić information content (AvgIpc) is 3.24. The second kappa shape index (κ2) is 34.9. The zero-order valence-corrected chi connectivity index (χ0v) is 36.9. The van der Waals surface area contributed by atoms with E-state index < -0.39 is 80.7 Å². The molecule has 14 nitrogen and oxygen atoms in total. The molecule has 2 aliphatic rings. The molecule has 11 atom stereocenters. The molecule has 0 saturated carbocycles. The molecule has 0 amide bonds. The van der Waals surface area contributed by atoms with Crippen LogP contribution in [0.1, 0.15) is 162 Å². The Kier molecular flexibility index (Phi) is 31.8. The monoisotopic (exact) mass is 861 g/mol. The minimum atomic E-state index is -1.70. The second-order valence-corrected chi connectivity index (χ2v) is 16.6. The minimum Gasteiger partial charge on any atom is -0.457 e. The largest absolute Gasteiger partial charge is 0.457 e. The Morgan fingerprint density at radius 1 is 0.550 bits per heavy atom. The van der Waals surface area contributed by atoms with Gasteiger partial charge in [0.15, 0.2) is 12.6 Å². The van der Waals surface area contributed by atoms with Crippen molar-refractivity contribution in [1.29, 1.82) is 0 Å². The Labute approximate surface area is 360 Å². The molecule has 0 aliphatic carbocycles. The van der Waals surface area contributed by atoms with Gasteiger partial charge in [-0.05, 0) is 44.9 Å². The third-order valence-electron chi connectivity index (χ3n) is 11.2. The van der Waals surface area contributed by atoms with Gasteiger partial charge in [-0.1, -0.05) is 134 Å². The molecule has 0 aromatic heterocycles. The molecule has 2 heterocycles. The molecule has 7 N–H and O–H groups in total. The molecule has 2 rings (SSSR count). The number of ether oxygens (including phenoxy) is 6. The molecule has 11 unspecified atom stereocenters. The van der Waals surface area contributed by atoms with Crippen molar-refractivity contribution >= 4 is 5.97 Å². The SMILES string of the molecule is CCCCCC/C=C\C/C=C\CCCCCCCCCCOCC(COC1OC(COC2OC(CO)C(O)C(O)C2O)C(O)C(O)C1O)OC(=O)CCCCCCCCC. The van der Waals surface area contributed by atoms with Crippen LogP contribution < -0.4 is 0 Å². The summed E-state index contributed by atoms with van der Waals surface area (Å²) < 4.78 is 34.1. The van der Waals surface area contributed by atoms with Gasteiger partial charge in [0, 0.05) is 13.0 Å². The zero-order valence-electron chi connectivity index (χ0n) is 36.9. The fraction of sp³-hybridized carbons (Fsp3) is 0.891. The van der Waals surface area contributed by atoms with Gasteiger partial charge in [0.2, 0.25) is 0 Å². The first kappa shape index (κ1) is 54.6. The van der Waals surface area contributed by atoms with E-state index in [-0.39, 0.29) is 25.6 Å². The van der Waals surface area contributed by atoms with E-state index in [1.54, 1.807) is 0 Å². The van der Waals surface area contributed by atoms with Crippen molar-refractivity contribution in [1.82, 2.24) is 0 Å². The van der Waals surface area contributed by atoms with Crippen molar-refractivity contribution in [2.75, 3.05) is 33.0 Å². The van der Waals surface area contributed by atoms with Crippen molar-refractivity contribution in [3.63, 3.8) is 0 Å². The first-order valence-corrected chi connectivity index (χ1v) is 23.4. The van der Waals surface area contributed by atoms with Crippen molar-refractivity contribution in [3.8, 4) is 0 Å². The van der Waals surface area contributed by atoms with Crippen LogP contribution in [0.2, 0.25) is 0 Å². The third-order valence-corrected chi connectivity index (χ3v) is 11.2. The number of rotatable bonds is 36. The topological polar surface area (TPSA) is 214 Å². The summed E-state index contributed by atoms with van der Waals surface area (Å²) in [7, 11) is 0. The Bertz CT molecular complexity index is 1090. The number of allylic oxidation sites excluding steroid dienone is 4. The second-order valence-electron chi connectivity index (χ2n) is 16.6. The summed E-state index contributed by atoms with van der Waals surface area (Å²) in [6, 6.07) is 0. The van der Waals surface area contributed by atoms with Gasteiger partial charge in [0.25, 0.3) is 0 Å². The summed E-state index contributed by atoms with van der Waals surface area (Å²) in [5, 5.41) is 71.8. The van der Waals surface area contributed by atoms with Gasteiger partial charge in [-0.2, -0.15) is 0 Å². The molecule has 60 heavy (non-hydrogen) atoms. The molecule has 0 aromatic rings. The van der Waals surface area contributed by atoms with E-state index in [0.717, 1.165) is 51.4 Å². The molecule has 0 radical (unpaired) electrons. The lowest BCUT2D eigenvalue weighted by Crippen LogP contribution is -2.61. The summed E-state index contributed by atoms with van der Waals surface area (Å²) in [6.07, 6.45) is 18.4. The van der Waals surface area contributed by atoms with Gasteiger partial charge in [0.05, 0.1) is 26.4 Å². The Morgan fingerprint density at radius 2 is 1.03 bits per heavy atom. The van der Waals surface area contributed by atoms with Gasteiger partial charge < -0.3 is 64.2 Å². The molecule has 352 valence electrons. The lowest BCUT2D eigenvalue weighted by Gasteiger charge is -2.42. The van der Waals surface area contributed by atoms with Crippen LogP contribution in [0.25, 0.3) is 0 Å². The van der Waals surface area contributed by atoms with Crippen molar-refractivity contribution in [2.45, 2.75) is 229 Å². The van der Waals surface area contributed by atoms with Crippen LogP contribution in [-0.2, 0) is 33.2 Å². The highest BCUT2D eigenvalue weighted by Gasteiger charge is 2.47. The summed E-state index contributed by atoms with van der Waals surface area (Å²) >= 11 is 0. The van der Waals surface area contributed by atoms with E-state index in [0.29, 0.717) is 13.0 Å². The van der Waals surface area contributed by atoms with Gasteiger partial charge in [0.1, 0.15) is 54.9 Å². The molecule has 14 heteroatoms. The lowest BCUT2D eigenvalue weighted by atomic mass is 9.98. The normalized spacial score (nSPS) is 27.9. The molecular formula is C46H84O14. The Hall–Kier alpha value is -1.53. The maximum atomic E-state index is 12.8. The van der Waals surface area contributed by atoms with Crippen LogP contribution in [0.15, 0.2) is 24.3 Å². The number of aliphatic hydroxyl groups is 7. The predicted octanol–water partition coefficient (Wildman–Crippen LogP) is 5.68. The number of aliphatic hydroxyl groups excluding tert-OH is 7. The van der Waals surface area contributed by atoms with Crippen molar-refractivity contribution in [3.05, 3.63) is 24.3 Å². The summed E-state index contributed by atoms with van der Waals surface area (Å²) in [5.74, 6) is -0.385. The molecule has 0 bridgehead atoms. The van der Waals surface area contributed by atoms with Crippen LogP contribution >= 0.6 is 0 Å². The van der Waals surface area contributed by atoms with Gasteiger partial charge >= 0.3 is 5.97 Å². The smallest absolute Gasteiger partial charge is 0.306 e. The first-order chi connectivity index (χ1) is 29.1. The Morgan fingerprint density at radius 3 is 1.62 bits per heavy atom. The molecule has 2 aliphatic heterocycles. The molecule has 0 aromatic carbocycles. The highest BCUT2D eigenvalue weighted by atomic mass is 16.7. The van der Waals surface area contributed by atoms with Crippen molar-refractivity contribution in [2.24, 2.45) is 0 Å². The predicted molar refractivity (Wildman–Crippen MR) is 229 cm³/mol. The molecule has 2 fully saturated rings. The van der Waals surface area contributed by atoms with Gasteiger partial charge in [-0.15, -0.1) is 0 Å². The van der Waals surface area contributed by atoms with E-state index in [1.807, 2.05) is 0 Å². The fourth-order valence-corrected chi connectivity index (χ4v) is 7.31. The number of carbonyl (C=O) groups excluding carboxylic acids is 1. The maximum absolute atomic E-state index is 12.8. The fourth-order valence-electron chi connectivity index (χ4n) is 7.31. The third kappa shape index (κ3) is 23.2. The Balaban J connectivity index is 1.74. The molecular weight excluding hydrogens is 776 g/mol. The lowest BCUT2D eigenvalue weighted by molar-refractivity contribution is -0.332. The summed E-state index contributed by atoms with van der Waals surface area (Å²) in [6.45, 7) is 3.60.